The van der Waals surface area contributed by atoms with Crippen LogP contribution in [0.25, 0.3) is 0 Å². The summed E-state index contributed by atoms with van der Waals surface area (Å²) < 4.78 is 23.5. The lowest BCUT2D eigenvalue weighted by Gasteiger charge is -2.48. The van der Waals surface area contributed by atoms with E-state index in [1.807, 2.05) is 9.80 Å². The van der Waals surface area contributed by atoms with Crippen LogP contribution < -0.4 is 26.6 Å². The molecular weight excluding hydrogens is 508 g/mol. The molecule has 3 aliphatic rings. The molecule has 204 valence electrons. The predicted octanol–water partition coefficient (Wildman–Crippen LogP) is 1.09. The molecule has 0 saturated carbocycles. The molecule has 2 aromatic rings. The highest BCUT2D eigenvalue weighted by Gasteiger charge is 2.40. The van der Waals surface area contributed by atoms with Gasteiger partial charge in [0.1, 0.15) is 5.82 Å². The van der Waals surface area contributed by atoms with Crippen LogP contribution in [0.15, 0.2) is 35.4 Å². The van der Waals surface area contributed by atoms with Crippen LogP contribution >= 0.6 is 0 Å². The Labute approximate surface area is 222 Å². The Balaban J connectivity index is 1.25. The van der Waals surface area contributed by atoms with Crippen molar-refractivity contribution in [1.82, 2.24) is 25.5 Å². The van der Waals surface area contributed by atoms with Gasteiger partial charge in [-0.1, -0.05) is 0 Å². The zero-order chi connectivity index (χ0) is 26.9. The number of rotatable bonds is 6. The molecule has 1 spiro atoms. The first-order valence-corrected chi connectivity index (χ1v) is 14.8. The lowest BCUT2D eigenvalue weighted by molar-refractivity contribution is 0.0678. The van der Waals surface area contributed by atoms with Gasteiger partial charge in [-0.05, 0) is 55.4 Å². The number of nitrogens with zero attached hydrogens (tertiary/aromatic N) is 4. The summed E-state index contributed by atoms with van der Waals surface area (Å²) in [6.45, 7) is 4.98. The summed E-state index contributed by atoms with van der Waals surface area (Å²) in [5.74, 6) is 0.00619. The van der Waals surface area contributed by atoms with Crippen molar-refractivity contribution in [3.05, 3.63) is 36.2 Å². The second-order valence-corrected chi connectivity index (χ2v) is 12.6. The highest BCUT2D eigenvalue weighted by Crippen LogP contribution is 2.35. The number of aromatic nitrogens is 2. The summed E-state index contributed by atoms with van der Waals surface area (Å²) in [5.41, 5.74) is 6.43. The molecule has 3 saturated heterocycles. The minimum atomic E-state index is -3.33. The summed E-state index contributed by atoms with van der Waals surface area (Å²) in [5, 5.41) is 9.58. The van der Waals surface area contributed by atoms with Crippen LogP contribution in [0.5, 0.6) is 0 Å². The molecule has 5 N–H and O–H groups in total. The number of benzene rings is 1. The SMILES string of the molecule is CS(=O)(=O)c1ccc(Nc2nc(N3CCCC(NC(=O)N4CCC5(CC4)CNC5)C3)cnc2C(N)=O)cc1. The lowest BCUT2D eigenvalue weighted by Crippen LogP contribution is -2.60. The molecule has 1 aromatic carbocycles. The van der Waals surface area contributed by atoms with Crippen LogP contribution in [0.2, 0.25) is 0 Å². The van der Waals surface area contributed by atoms with Crippen LogP contribution in [0.4, 0.5) is 22.1 Å². The number of piperidine rings is 2. The van der Waals surface area contributed by atoms with Gasteiger partial charge < -0.3 is 31.5 Å². The molecule has 3 amide bonds. The van der Waals surface area contributed by atoms with Crippen molar-refractivity contribution >= 4 is 39.1 Å². The van der Waals surface area contributed by atoms with E-state index in [2.05, 4.69) is 25.9 Å². The molecule has 0 aliphatic carbocycles. The third-order valence-corrected chi connectivity index (χ3v) is 8.85. The number of urea groups is 1. The Morgan fingerprint density at radius 1 is 1.13 bits per heavy atom. The summed E-state index contributed by atoms with van der Waals surface area (Å²) >= 11 is 0. The Bertz CT molecular complexity index is 1300. The van der Waals surface area contributed by atoms with Gasteiger partial charge in [0, 0.05) is 57.3 Å². The van der Waals surface area contributed by atoms with Crippen molar-refractivity contribution in [2.75, 3.05) is 55.7 Å². The Hall–Kier alpha value is -3.45. The standard InChI is InChI=1S/C25H34N8O4S/c1-38(36,37)19-6-4-17(5-7-19)29-23-21(22(26)34)28-13-20(31-23)33-10-2-3-18(14-33)30-24(35)32-11-8-25(9-12-32)15-27-16-25/h4-7,13,18,27H,2-3,8-12,14-16H2,1H3,(H2,26,34)(H,29,31)(H,30,35). The van der Waals surface area contributed by atoms with E-state index in [9.17, 15) is 18.0 Å². The molecule has 12 nitrogen and oxygen atoms in total. The number of carbonyl (C=O) groups is 2. The molecule has 38 heavy (non-hydrogen) atoms. The van der Waals surface area contributed by atoms with Gasteiger partial charge in [0.2, 0.25) is 0 Å². The molecule has 1 unspecified atom stereocenters. The van der Waals surface area contributed by atoms with Gasteiger partial charge >= 0.3 is 6.03 Å². The van der Waals surface area contributed by atoms with E-state index < -0.39 is 15.7 Å². The first-order chi connectivity index (χ1) is 18.1. The maximum absolute atomic E-state index is 12.9. The average molecular weight is 543 g/mol. The number of likely N-dealkylation sites (tertiary alicyclic amines) is 1. The van der Waals surface area contributed by atoms with Crippen molar-refractivity contribution in [3.63, 3.8) is 0 Å². The average Bonchev–Trinajstić information content (AvgIpc) is 2.87. The molecule has 5 rings (SSSR count). The van der Waals surface area contributed by atoms with Gasteiger partial charge in [0.25, 0.3) is 5.91 Å². The molecule has 3 aliphatic heterocycles. The number of primary amides is 1. The Morgan fingerprint density at radius 3 is 2.45 bits per heavy atom. The number of sulfone groups is 1. The van der Waals surface area contributed by atoms with E-state index in [4.69, 9.17) is 5.73 Å². The van der Waals surface area contributed by atoms with Gasteiger partial charge in [-0.25, -0.2) is 23.2 Å². The number of hydrogen-bond acceptors (Lipinski definition) is 9. The third-order valence-electron chi connectivity index (χ3n) is 7.72. The molecular formula is C25H34N8O4S. The number of nitrogens with two attached hydrogens (primary N) is 1. The maximum Gasteiger partial charge on any atom is 0.317 e. The van der Waals surface area contributed by atoms with E-state index in [0.29, 0.717) is 23.5 Å². The van der Waals surface area contributed by atoms with E-state index in [1.54, 1.807) is 12.1 Å². The third kappa shape index (κ3) is 5.68. The summed E-state index contributed by atoms with van der Waals surface area (Å²) in [4.78, 5) is 38.0. The number of anilines is 3. The quantitative estimate of drug-likeness (QED) is 0.418. The largest absolute Gasteiger partial charge is 0.364 e. The minimum Gasteiger partial charge on any atom is -0.364 e. The number of carbonyl (C=O) groups excluding carboxylic acids is 2. The van der Waals surface area contributed by atoms with Crippen molar-refractivity contribution in [3.8, 4) is 0 Å². The lowest BCUT2D eigenvalue weighted by atomic mass is 9.73. The monoisotopic (exact) mass is 542 g/mol. The van der Waals surface area contributed by atoms with E-state index in [-0.39, 0.29) is 28.5 Å². The highest BCUT2D eigenvalue weighted by atomic mass is 32.2. The first-order valence-electron chi connectivity index (χ1n) is 12.9. The summed E-state index contributed by atoms with van der Waals surface area (Å²) in [6.07, 6.45) is 6.47. The second kappa shape index (κ2) is 10.4. The summed E-state index contributed by atoms with van der Waals surface area (Å²) in [6, 6.07) is 6.08. The fraction of sp³-hybridized carbons (Fsp3) is 0.520. The van der Waals surface area contributed by atoms with Crippen LogP contribution in [0.3, 0.4) is 0 Å². The van der Waals surface area contributed by atoms with E-state index >= 15 is 0 Å². The number of amides is 3. The molecule has 0 radical (unpaired) electrons. The Morgan fingerprint density at radius 2 is 1.84 bits per heavy atom. The summed E-state index contributed by atoms with van der Waals surface area (Å²) in [7, 11) is -3.33. The zero-order valence-corrected chi connectivity index (χ0v) is 22.3. The number of nitrogens with one attached hydrogen (secondary N) is 3. The molecule has 13 heteroatoms. The van der Waals surface area contributed by atoms with Crippen molar-refractivity contribution in [2.45, 2.75) is 36.6 Å². The fourth-order valence-corrected chi connectivity index (χ4v) is 5.94. The van der Waals surface area contributed by atoms with Gasteiger partial charge in [0.15, 0.2) is 21.3 Å². The molecule has 3 fully saturated rings. The van der Waals surface area contributed by atoms with Gasteiger partial charge in [0.05, 0.1) is 11.1 Å². The smallest absolute Gasteiger partial charge is 0.317 e. The topological polar surface area (TPSA) is 163 Å². The van der Waals surface area contributed by atoms with Crippen LogP contribution in [0, 0.1) is 5.41 Å². The van der Waals surface area contributed by atoms with E-state index in [1.165, 1.54) is 18.3 Å². The van der Waals surface area contributed by atoms with Crippen molar-refractivity contribution in [2.24, 2.45) is 11.1 Å². The van der Waals surface area contributed by atoms with E-state index in [0.717, 1.165) is 64.7 Å². The van der Waals surface area contributed by atoms with Crippen molar-refractivity contribution in [1.29, 1.82) is 0 Å². The first kappa shape index (κ1) is 26.2. The fourth-order valence-electron chi connectivity index (χ4n) is 5.31. The van der Waals surface area contributed by atoms with Gasteiger partial charge in [-0.15, -0.1) is 0 Å². The molecule has 0 bridgehead atoms. The Kier molecular flexibility index (Phi) is 7.14. The maximum atomic E-state index is 12.9. The minimum absolute atomic E-state index is 0.0194. The zero-order valence-electron chi connectivity index (χ0n) is 21.4. The molecule has 4 heterocycles. The van der Waals surface area contributed by atoms with Gasteiger partial charge in [-0.3, -0.25) is 4.79 Å². The van der Waals surface area contributed by atoms with Gasteiger partial charge in [-0.2, -0.15) is 0 Å². The molecule has 1 aromatic heterocycles. The van der Waals surface area contributed by atoms with Crippen LogP contribution in [0.1, 0.15) is 36.2 Å². The van der Waals surface area contributed by atoms with Crippen molar-refractivity contribution < 1.29 is 18.0 Å². The predicted molar refractivity (Wildman–Crippen MR) is 143 cm³/mol. The normalized spacial score (nSPS) is 21.0. The number of hydrogen-bond donors (Lipinski definition) is 4. The van der Waals surface area contributed by atoms with Crippen LogP contribution in [-0.2, 0) is 9.84 Å². The second-order valence-electron chi connectivity index (χ2n) is 10.5. The van der Waals surface area contributed by atoms with Crippen LogP contribution in [-0.4, -0.2) is 86.8 Å². The molecule has 1 atom stereocenters. The highest BCUT2D eigenvalue weighted by molar-refractivity contribution is 7.90.